The van der Waals surface area contributed by atoms with Crippen LogP contribution in [0.4, 0.5) is 0 Å². The van der Waals surface area contributed by atoms with Gasteiger partial charge in [0.15, 0.2) is 5.43 Å². The molecule has 0 fully saturated rings. The number of hydrogen-bond donors (Lipinski definition) is 0. The fourth-order valence-corrected chi connectivity index (χ4v) is 2.98. The third kappa shape index (κ3) is 2.34. The molecule has 4 aromatic rings. The Hall–Kier alpha value is -3.13. The van der Waals surface area contributed by atoms with Gasteiger partial charge < -0.3 is 4.40 Å². The van der Waals surface area contributed by atoms with Crippen LogP contribution < -0.4 is 5.43 Å². The summed E-state index contributed by atoms with van der Waals surface area (Å²) in [6.07, 6.45) is 1.85. The average Bonchev–Trinajstić information content (AvgIpc) is 2.62. The molecule has 0 aliphatic rings. The molecule has 0 aliphatic carbocycles. The highest BCUT2D eigenvalue weighted by atomic mass is 16.1. The van der Waals surface area contributed by atoms with Crippen LogP contribution in [0.2, 0.25) is 0 Å². The van der Waals surface area contributed by atoms with E-state index in [1.807, 2.05) is 66.9 Å². The lowest BCUT2D eigenvalue weighted by Crippen LogP contribution is -2.08. The van der Waals surface area contributed by atoms with Crippen LogP contribution in [0.3, 0.4) is 0 Å². The number of rotatable bonds is 2. The monoisotopic (exact) mass is 297 g/mol. The van der Waals surface area contributed by atoms with Crippen LogP contribution in [0.5, 0.6) is 0 Å². The Morgan fingerprint density at radius 3 is 1.96 bits per heavy atom. The summed E-state index contributed by atoms with van der Waals surface area (Å²) in [5, 5.41) is 0. The van der Waals surface area contributed by atoms with E-state index in [-0.39, 0.29) is 5.43 Å². The van der Waals surface area contributed by atoms with Gasteiger partial charge in [-0.05, 0) is 23.3 Å². The first-order chi connectivity index (χ1) is 11.3. The highest BCUT2D eigenvalue weighted by molar-refractivity contribution is 5.82. The predicted molar refractivity (Wildman–Crippen MR) is 94.5 cm³/mol. The number of fused-ring (bicyclic) bond motifs is 1. The minimum absolute atomic E-state index is 0.0430. The molecule has 0 spiro atoms. The van der Waals surface area contributed by atoms with E-state index in [0.717, 1.165) is 27.9 Å². The minimum Gasteiger partial charge on any atom is -0.316 e. The largest absolute Gasteiger partial charge is 0.316 e. The maximum Gasteiger partial charge on any atom is 0.190 e. The first kappa shape index (κ1) is 13.5. The van der Waals surface area contributed by atoms with Gasteiger partial charge in [0.05, 0.1) is 16.8 Å². The second-order valence-electron chi connectivity index (χ2n) is 5.45. The second-order valence-corrected chi connectivity index (χ2v) is 5.45. The first-order valence-corrected chi connectivity index (χ1v) is 7.60. The normalized spacial score (nSPS) is 10.8. The van der Waals surface area contributed by atoms with Crippen LogP contribution in [0, 0.1) is 0 Å². The highest BCUT2D eigenvalue weighted by Gasteiger charge is 2.10. The zero-order chi connectivity index (χ0) is 15.6. The molecule has 2 nitrogen and oxygen atoms in total. The van der Waals surface area contributed by atoms with Gasteiger partial charge in [0.25, 0.3) is 0 Å². The lowest BCUT2D eigenvalue weighted by atomic mass is 10.0. The summed E-state index contributed by atoms with van der Waals surface area (Å²) in [7, 11) is 0. The Kier molecular flexibility index (Phi) is 3.28. The lowest BCUT2D eigenvalue weighted by molar-refractivity contribution is 1.16. The molecule has 110 valence electrons. The van der Waals surface area contributed by atoms with E-state index >= 15 is 0 Å². The Morgan fingerprint density at radius 2 is 1.26 bits per heavy atom. The van der Waals surface area contributed by atoms with Crippen LogP contribution in [0.15, 0.2) is 95.9 Å². The maximum atomic E-state index is 12.5. The average molecular weight is 297 g/mol. The summed E-state index contributed by atoms with van der Waals surface area (Å²) < 4.78 is 2.08. The SMILES string of the molecule is O=c1ccn2c(-c3ccccc3)cccc2c1-c1ccccc1. The smallest absolute Gasteiger partial charge is 0.190 e. The molecule has 0 radical (unpaired) electrons. The first-order valence-electron chi connectivity index (χ1n) is 7.60. The van der Waals surface area contributed by atoms with E-state index in [2.05, 4.69) is 22.6 Å². The number of nitrogens with zero attached hydrogens (tertiary/aromatic N) is 1. The van der Waals surface area contributed by atoms with Crippen molar-refractivity contribution in [2.45, 2.75) is 0 Å². The zero-order valence-corrected chi connectivity index (χ0v) is 12.5. The van der Waals surface area contributed by atoms with Crippen molar-refractivity contribution in [2.75, 3.05) is 0 Å². The summed E-state index contributed by atoms with van der Waals surface area (Å²) in [6.45, 7) is 0. The van der Waals surface area contributed by atoms with Gasteiger partial charge in [-0.2, -0.15) is 0 Å². The minimum atomic E-state index is 0.0430. The van der Waals surface area contributed by atoms with Crippen molar-refractivity contribution in [3.05, 3.63) is 101 Å². The molecule has 23 heavy (non-hydrogen) atoms. The number of hydrogen-bond acceptors (Lipinski definition) is 1. The molecule has 0 saturated carbocycles. The van der Waals surface area contributed by atoms with Gasteiger partial charge in [0.2, 0.25) is 0 Å². The van der Waals surface area contributed by atoms with Gasteiger partial charge in [-0.25, -0.2) is 0 Å². The van der Waals surface area contributed by atoms with Gasteiger partial charge in [0.1, 0.15) is 0 Å². The molecule has 4 rings (SSSR count). The van der Waals surface area contributed by atoms with Crippen molar-refractivity contribution in [1.82, 2.24) is 4.40 Å². The van der Waals surface area contributed by atoms with E-state index < -0.39 is 0 Å². The topological polar surface area (TPSA) is 21.5 Å². The molecule has 2 heterocycles. The summed E-state index contributed by atoms with van der Waals surface area (Å²) in [5.41, 5.74) is 4.85. The van der Waals surface area contributed by atoms with Crippen molar-refractivity contribution in [3.63, 3.8) is 0 Å². The molecule has 2 aromatic carbocycles. The third-order valence-electron chi connectivity index (χ3n) is 4.04. The van der Waals surface area contributed by atoms with E-state index in [1.54, 1.807) is 6.07 Å². The molecule has 0 N–H and O–H groups in total. The van der Waals surface area contributed by atoms with Crippen molar-refractivity contribution in [2.24, 2.45) is 0 Å². The quantitative estimate of drug-likeness (QED) is 0.528. The van der Waals surface area contributed by atoms with Gasteiger partial charge in [0, 0.05) is 12.3 Å². The van der Waals surface area contributed by atoms with E-state index in [4.69, 9.17) is 0 Å². The predicted octanol–water partition coefficient (Wildman–Crippen LogP) is 4.63. The maximum absolute atomic E-state index is 12.5. The van der Waals surface area contributed by atoms with Crippen molar-refractivity contribution >= 4 is 5.52 Å². The van der Waals surface area contributed by atoms with Gasteiger partial charge in [-0.3, -0.25) is 4.79 Å². The fraction of sp³-hybridized carbons (Fsp3) is 0. The summed E-state index contributed by atoms with van der Waals surface area (Å²) in [4.78, 5) is 12.5. The Bertz CT molecular complexity index is 1020. The van der Waals surface area contributed by atoms with Crippen LogP contribution in [-0.4, -0.2) is 4.40 Å². The molecular weight excluding hydrogens is 282 g/mol. The Morgan fingerprint density at radius 1 is 0.609 bits per heavy atom. The summed E-state index contributed by atoms with van der Waals surface area (Å²) in [6, 6.07) is 27.7. The third-order valence-corrected chi connectivity index (χ3v) is 4.04. The van der Waals surface area contributed by atoms with Crippen LogP contribution in [0.25, 0.3) is 27.9 Å². The zero-order valence-electron chi connectivity index (χ0n) is 12.5. The number of aromatic nitrogens is 1. The number of benzene rings is 2. The Balaban J connectivity index is 2.07. The van der Waals surface area contributed by atoms with Crippen LogP contribution in [-0.2, 0) is 0 Å². The number of pyridine rings is 2. The van der Waals surface area contributed by atoms with E-state index in [0.29, 0.717) is 0 Å². The molecule has 0 unspecified atom stereocenters. The molecular formula is C21H15NO. The lowest BCUT2D eigenvalue weighted by Gasteiger charge is -2.12. The summed E-state index contributed by atoms with van der Waals surface area (Å²) in [5.74, 6) is 0. The Labute approximate surface area is 134 Å². The van der Waals surface area contributed by atoms with Crippen molar-refractivity contribution < 1.29 is 0 Å². The standard InChI is InChI=1S/C21H15NO/c23-20-14-15-22-18(16-8-3-1-4-9-16)12-7-13-19(22)21(20)17-10-5-2-6-11-17/h1-15H. The van der Waals surface area contributed by atoms with Crippen LogP contribution in [0.1, 0.15) is 0 Å². The van der Waals surface area contributed by atoms with Crippen molar-refractivity contribution in [1.29, 1.82) is 0 Å². The summed E-state index contributed by atoms with van der Waals surface area (Å²) >= 11 is 0. The van der Waals surface area contributed by atoms with E-state index in [9.17, 15) is 4.79 Å². The molecule has 0 bridgehead atoms. The fourth-order valence-electron chi connectivity index (χ4n) is 2.98. The van der Waals surface area contributed by atoms with E-state index in [1.165, 1.54) is 0 Å². The van der Waals surface area contributed by atoms with Gasteiger partial charge in [-0.15, -0.1) is 0 Å². The molecule has 2 heteroatoms. The highest BCUT2D eigenvalue weighted by Crippen LogP contribution is 2.25. The van der Waals surface area contributed by atoms with Gasteiger partial charge >= 0.3 is 0 Å². The molecule has 2 aromatic heterocycles. The van der Waals surface area contributed by atoms with Crippen LogP contribution >= 0.6 is 0 Å². The van der Waals surface area contributed by atoms with Gasteiger partial charge in [-0.1, -0.05) is 66.7 Å². The molecule has 0 atom stereocenters. The van der Waals surface area contributed by atoms with Crippen molar-refractivity contribution in [3.8, 4) is 22.4 Å². The molecule has 0 saturated heterocycles. The molecule has 0 aliphatic heterocycles. The molecule has 0 amide bonds. The second kappa shape index (κ2) is 5.58.